The Labute approximate surface area is 123 Å². The van der Waals surface area contributed by atoms with Gasteiger partial charge < -0.3 is 4.74 Å². The van der Waals surface area contributed by atoms with E-state index in [4.69, 9.17) is 15.8 Å². The third-order valence-corrected chi connectivity index (χ3v) is 4.95. The first kappa shape index (κ1) is 16.3. The average molecular weight is 297 g/mol. The third-order valence-electron chi connectivity index (χ3n) is 2.61. The van der Waals surface area contributed by atoms with Crippen molar-refractivity contribution in [1.29, 1.82) is 0 Å². The zero-order valence-electron chi connectivity index (χ0n) is 12.9. The van der Waals surface area contributed by atoms with Gasteiger partial charge in [0.15, 0.2) is 7.38 Å². The molecule has 1 aliphatic heterocycles. The maximum Gasteiger partial charge on any atom is 0.180 e. The minimum atomic E-state index is -1.59. The van der Waals surface area contributed by atoms with Crippen LogP contribution in [-0.2, 0) is 4.74 Å². The van der Waals surface area contributed by atoms with Gasteiger partial charge >= 0.3 is 0 Å². The fourth-order valence-electron chi connectivity index (χ4n) is 1.62. The zero-order valence-corrected chi connectivity index (χ0v) is 14.6. The molecule has 0 bridgehead atoms. The highest BCUT2D eigenvalue weighted by Gasteiger charge is 2.19. The molecule has 0 spiro atoms. The van der Waals surface area contributed by atoms with Crippen molar-refractivity contribution in [3.05, 3.63) is 41.7 Å². The lowest BCUT2D eigenvalue weighted by atomic mass is 9.96. The lowest BCUT2D eigenvalue weighted by Crippen LogP contribution is -2.34. The maximum absolute atomic E-state index is 6.27. The van der Waals surface area contributed by atoms with E-state index in [1.807, 2.05) is 0 Å². The smallest absolute Gasteiger partial charge is 0.180 e. The summed E-state index contributed by atoms with van der Waals surface area (Å²) in [7, 11) is -1.59. The van der Waals surface area contributed by atoms with Crippen LogP contribution in [0.25, 0.3) is 0 Å². The second-order valence-corrected chi connectivity index (χ2v) is 13.0. The zero-order chi connectivity index (χ0) is 14.7. The van der Waals surface area contributed by atoms with Crippen LogP contribution in [0.5, 0.6) is 0 Å². The molecule has 0 unspecified atom stereocenters. The summed E-state index contributed by atoms with van der Waals surface area (Å²) >= 11 is 6.27. The molecule has 0 amide bonds. The van der Waals surface area contributed by atoms with Gasteiger partial charge in [-0.15, -0.1) is 0 Å². The summed E-state index contributed by atoms with van der Waals surface area (Å²) < 4.78 is 4.95. The highest BCUT2D eigenvalue weighted by Crippen LogP contribution is 2.24. The van der Waals surface area contributed by atoms with Crippen LogP contribution in [0.15, 0.2) is 36.1 Å². The monoisotopic (exact) mass is 296 g/mol. The molecular weight excluding hydrogens is 272 g/mol. The first-order valence-corrected chi connectivity index (χ1v) is 10.7. The molecule has 1 aliphatic rings. The van der Waals surface area contributed by atoms with Gasteiger partial charge in [-0.25, -0.2) is 0 Å². The molecule has 106 valence electrons. The number of rotatable bonds is 1. The van der Waals surface area contributed by atoms with E-state index in [-0.39, 0.29) is 0 Å². The summed E-state index contributed by atoms with van der Waals surface area (Å²) in [5.41, 5.74) is 1.59. The van der Waals surface area contributed by atoms with Gasteiger partial charge in [0.1, 0.15) is 12.4 Å². The molecule has 2 rings (SSSR count). The van der Waals surface area contributed by atoms with Gasteiger partial charge in [-0.1, -0.05) is 63.7 Å². The van der Waals surface area contributed by atoms with Gasteiger partial charge in [0.25, 0.3) is 0 Å². The Morgan fingerprint density at radius 3 is 2.11 bits per heavy atom. The van der Waals surface area contributed by atoms with Gasteiger partial charge in [0.2, 0.25) is 0 Å². The lowest BCUT2D eigenvalue weighted by Gasteiger charge is -2.13. The predicted octanol–water partition coefficient (Wildman–Crippen LogP) is 4.59. The molecule has 3 heteroatoms. The first-order valence-electron chi connectivity index (χ1n) is 6.68. The molecule has 0 saturated carbocycles. The van der Waals surface area contributed by atoms with Crippen LogP contribution in [0.1, 0.15) is 26.3 Å². The SMILES string of the molecule is CC(C)(C)C=C1CO1.Cc1cccc([Si](C)(C)Cl)c1. The molecule has 0 atom stereocenters. The topological polar surface area (TPSA) is 12.5 Å². The Morgan fingerprint density at radius 2 is 1.84 bits per heavy atom. The highest BCUT2D eigenvalue weighted by atomic mass is 35.6. The van der Waals surface area contributed by atoms with E-state index < -0.39 is 7.38 Å². The molecule has 19 heavy (non-hydrogen) atoms. The highest BCUT2D eigenvalue weighted by molar-refractivity contribution is 7.26. The minimum Gasteiger partial charge on any atom is -0.487 e. The largest absolute Gasteiger partial charge is 0.487 e. The quantitative estimate of drug-likeness (QED) is 0.419. The number of allylic oxidation sites excluding steroid dienone is 1. The molecular formula is C16H25ClOSi. The summed E-state index contributed by atoms with van der Waals surface area (Å²) in [4.78, 5) is 0. The molecule has 0 radical (unpaired) electrons. The number of aryl methyl sites for hydroxylation is 1. The van der Waals surface area contributed by atoms with Crippen LogP contribution < -0.4 is 5.19 Å². The fraction of sp³-hybridized carbons (Fsp3) is 0.500. The van der Waals surface area contributed by atoms with E-state index in [2.05, 4.69) is 71.1 Å². The Hall–Kier alpha value is -0.733. The number of ether oxygens (including phenoxy) is 1. The Balaban J connectivity index is 0.000000200. The first-order chi connectivity index (χ1) is 8.58. The molecule has 1 saturated heterocycles. The van der Waals surface area contributed by atoms with E-state index >= 15 is 0 Å². The summed E-state index contributed by atoms with van der Waals surface area (Å²) in [6.07, 6.45) is 2.16. The fourth-order valence-corrected chi connectivity index (χ4v) is 3.04. The van der Waals surface area contributed by atoms with E-state index in [9.17, 15) is 0 Å². The molecule has 0 aliphatic carbocycles. The van der Waals surface area contributed by atoms with Crippen molar-refractivity contribution >= 4 is 23.6 Å². The van der Waals surface area contributed by atoms with E-state index in [0.717, 1.165) is 12.4 Å². The summed E-state index contributed by atoms with van der Waals surface area (Å²) in [5.74, 6) is 1.15. The van der Waals surface area contributed by atoms with E-state index in [1.54, 1.807) is 0 Å². The molecule has 1 aromatic rings. The second kappa shape index (κ2) is 6.15. The lowest BCUT2D eigenvalue weighted by molar-refractivity contribution is 0.488. The van der Waals surface area contributed by atoms with Crippen LogP contribution >= 0.6 is 11.1 Å². The maximum atomic E-state index is 6.27. The second-order valence-electron chi connectivity index (χ2n) is 6.61. The molecule has 1 heterocycles. The van der Waals surface area contributed by atoms with Crippen molar-refractivity contribution in [2.75, 3.05) is 6.61 Å². The summed E-state index contributed by atoms with van der Waals surface area (Å²) in [5, 5.41) is 1.32. The van der Waals surface area contributed by atoms with Crippen LogP contribution in [0.2, 0.25) is 13.1 Å². The van der Waals surface area contributed by atoms with E-state index in [1.165, 1.54) is 10.8 Å². The summed E-state index contributed by atoms with van der Waals surface area (Å²) in [6, 6.07) is 8.47. The van der Waals surface area contributed by atoms with Gasteiger partial charge in [0.05, 0.1) is 0 Å². The Bertz CT molecular complexity index is 447. The number of hydrogen-bond acceptors (Lipinski definition) is 1. The van der Waals surface area contributed by atoms with Crippen LogP contribution in [0.3, 0.4) is 0 Å². The van der Waals surface area contributed by atoms with Crippen molar-refractivity contribution in [2.24, 2.45) is 5.41 Å². The molecule has 1 fully saturated rings. The van der Waals surface area contributed by atoms with Gasteiger partial charge in [-0.2, -0.15) is 11.1 Å². The predicted molar refractivity (Wildman–Crippen MR) is 87.6 cm³/mol. The third kappa shape index (κ3) is 7.43. The standard InChI is InChI=1S/C9H13ClSi.C7H12O/c1-8-5-4-6-9(7-8)11(2,3)10;1-7(2,3)4-6-5-8-6/h4-7H,1-3H3;4H,5H2,1-3H3. The van der Waals surface area contributed by atoms with Gasteiger partial charge in [0, 0.05) is 0 Å². The molecule has 1 aromatic carbocycles. The number of halogens is 1. The van der Waals surface area contributed by atoms with Crippen molar-refractivity contribution in [1.82, 2.24) is 0 Å². The summed E-state index contributed by atoms with van der Waals surface area (Å²) in [6.45, 7) is 13.7. The van der Waals surface area contributed by atoms with E-state index in [0.29, 0.717) is 5.41 Å². The number of hydrogen-bond donors (Lipinski definition) is 0. The van der Waals surface area contributed by atoms with Crippen molar-refractivity contribution in [2.45, 2.75) is 40.8 Å². The molecule has 1 nitrogen and oxygen atoms in total. The van der Waals surface area contributed by atoms with Crippen molar-refractivity contribution in [3.63, 3.8) is 0 Å². The Kier molecular flexibility index (Phi) is 5.28. The number of epoxide rings is 1. The Morgan fingerprint density at radius 1 is 1.26 bits per heavy atom. The van der Waals surface area contributed by atoms with Gasteiger partial charge in [-0.05, 0) is 23.6 Å². The van der Waals surface area contributed by atoms with Gasteiger partial charge in [-0.3, -0.25) is 0 Å². The van der Waals surface area contributed by atoms with Crippen molar-refractivity contribution < 1.29 is 4.74 Å². The minimum absolute atomic E-state index is 0.297. The van der Waals surface area contributed by atoms with Crippen LogP contribution in [0, 0.1) is 12.3 Å². The van der Waals surface area contributed by atoms with Crippen LogP contribution in [-0.4, -0.2) is 14.0 Å². The molecule has 0 aromatic heterocycles. The average Bonchev–Trinajstić information content (AvgIpc) is 2.98. The number of benzene rings is 1. The molecule has 0 N–H and O–H groups in total. The van der Waals surface area contributed by atoms with Crippen LogP contribution in [0.4, 0.5) is 0 Å². The van der Waals surface area contributed by atoms with Crippen molar-refractivity contribution in [3.8, 4) is 0 Å². The normalized spacial score (nSPS) is 16.5.